The van der Waals surface area contributed by atoms with Crippen LogP contribution in [0.5, 0.6) is 0 Å². The minimum atomic E-state index is -4.62. The van der Waals surface area contributed by atoms with Gasteiger partial charge in [-0.25, -0.2) is 0 Å². The highest BCUT2D eigenvalue weighted by Crippen LogP contribution is 2.38. The highest BCUT2D eigenvalue weighted by molar-refractivity contribution is 7.99. The molecule has 0 bridgehead atoms. The van der Waals surface area contributed by atoms with Crippen molar-refractivity contribution < 1.29 is 18.0 Å². The van der Waals surface area contributed by atoms with Gasteiger partial charge in [-0.05, 0) is 29.8 Å². The van der Waals surface area contributed by atoms with Crippen LogP contribution in [0.3, 0.4) is 0 Å². The molecule has 0 spiro atoms. The summed E-state index contributed by atoms with van der Waals surface area (Å²) in [5.74, 6) is -0.336. The SMILES string of the molecule is O=C(CSCc1c(Cl)cccc1Cl)Nc1c(Cl)cccc1C(F)(F)F. The number of halogens is 6. The lowest BCUT2D eigenvalue weighted by molar-refractivity contribution is -0.137. The van der Waals surface area contributed by atoms with Gasteiger partial charge in [0.05, 0.1) is 22.0 Å². The summed E-state index contributed by atoms with van der Waals surface area (Å²) in [6.45, 7) is 0. The molecule has 0 atom stereocenters. The van der Waals surface area contributed by atoms with Crippen LogP contribution in [-0.2, 0) is 16.7 Å². The first-order valence-corrected chi connectivity index (χ1v) is 9.15. The van der Waals surface area contributed by atoms with Crippen molar-refractivity contribution >= 4 is 58.2 Å². The third-order valence-electron chi connectivity index (χ3n) is 3.12. The molecular formula is C16H11Cl3F3NOS. The molecule has 134 valence electrons. The van der Waals surface area contributed by atoms with Crippen LogP contribution in [0, 0.1) is 0 Å². The van der Waals surface area contributed by atoms with Gasteiger partial charge in [-0.15, -0.1) is 11.8 Å². The zero-order valence-electron chi connectivity index (χ0n) is 12.5. The summed E-state index contributed by atoms with van der Waals surface area (Å²) in [4.78, 5) is 12.0. The maximum absolute atomic E-state index is 13.0. The van der Waals surface area contributed by atoms with E-state index in [1.54, 1.807) is 18.2 Å². The Kier molecular flexibility index (Phi) is 6.91. The van der Waals surface area contributed by atoms with Gasteiger partial charge in [-0.1, -0.05) is 46.9 Å². The first-order chi connectivity index (χ1) is 11.7. The van der Waals surface area contributed by atoms with Crippen LogP contribution >= 0.6 is 46.6 Å². The summed E-state index contributed by atoms with van der Waals surface area (Å²) in [5.41, 5.74) is -0.775. The lowest BCUT2D eigenvalue weighted by Crippen LogP contribution is -2.18. The number of carbonyl (C=O) groups excluding carboxylic acids is 1. The van der Waals surface area contributed by atoms with Crippen LogP contribution in [0.25, 0.3) is 0 Å². The van der Waals surface area contributed by atoms with Crippen molar-refractivity contribution in [3.05, 3.63) is 62.6 Å². The second-order valence-corrected chi connectivity index (χ2v) is 7.11. The van der Waals surface area contributed by atoms with Crippen molar-refractivity contribution in [1.29, 1.82) is 0 Å². The standard InChI is InChI=1S/C16H11Cl3F3NOS/c17-11-4-2-5-12(18)9(11)7-25-8-14(24)23-15-10(16(20,21)22)3-1-6-13(15)19/h1-6H,7-8H2,(H,23,24). The number of para-hydroxylation sites is 1. The van der Waals surface area contributed by atoms with Crippen molar-refractivity contribution in [3.63, 3.8) is 0 Å². The Morgan fingerprint density at radius 1 is 1.00 bits per heavy atom. The normalized spacial score (nSPS) is 11.4. The summed E-state index contributed by atoms with van der Waals surface area (Å²) in [6.07, 6.45) is -4.62. The van der Waals surface area contributed by atoms with Crippen molar-refractivity contribution in [3.8, 4) is 0 Å². The number of carbonyl (C=O) groups is 1. The molecule has 0 aliphatic rings. The number of thioether (sulfide) groups is 1. The Morgan fingerprint density at radius 3 is 2.16 bits per heavy atom. The number of hydrogen-bond acceptors (Lipinski definition) is 2. The maximum Gasteiger partial charge on any atom is 0.418 e. The predicted molar refractivity (Wildman–Crippen MR) is 97.7 cm³/mol. The molecule has 0 unspecified atom stereocenters. The number of nitrogens with one attached hydrogen (secondary N) is 1. The topological polar surface area (TPSA) is 29.1 Å². The Bertz CT molecular complexity index is 763. The largest absolute Gasteiger partial charge is 0.418 e. The monoisotopic (exact) mass is 427 g/mol. The number of amides is 1. The van der Waals surface area contributed by atoms with Gasteiger partial charge in [-0.3, -0.25) is 4.79 Å². The van der Waals surface area contributed by atoms with Crippen LogP contribution < -0.4 is 5.32 Å². The number of rotatable bonds is 5. The second kappa shape index (κ2) is 8.54. The van der Waals surface area contributed by atoms with Crippen LogP contribution in [0.4, 0.5) is 18.9 Å². The third kappa shape index (κ3) is 5.45. The zero-order chi connectivity index (χ0) is 18.6. The van der Waals surface area contributed by atoms with Gasteiger partial charge >= 0.3 is 6.18 Å². The number of hydrogen-bond donors (Lipinski definition) is 1. The van der Waals surface area contributed by atoms with Gasteiger partial charge in [0.15, 0.2) is 0 Å². The van der Waals surface area contributed by atoms with Gasteiger partial charge in [0.25, 0.3) is 0 Å². The average Bonchev–Trinajstić information content (AvgIpc) is 2.51. The van der Waals surface area contributed by atoms with E-state index in [0.717, 1.165) is 6.07 Å². The van der Waals surface area contributed by atoms with E-state index in [9.17, 15) is 18.0 Å². The molecule has 2 aromatic carbocycles. The smallest absolute Gasteiger partial charge is 0.324 e. The minimum absolute atomic E-state index is 0.0793. The molecule has 2 aromatic rings. The highest BCUT2D eigenvalue weighted by atomic mass is 35.5. The molecule has 0 saturated heterocycles. The molecular weight excluding hydrogens is 418 g/mol. The third-order valence-corrected chi connectivity index (χ3v) is 5.11. The maximum atomic E-state index is 13.0. The molecule has 0 saturated carbocycles. The first kappa shape index (κ1) is 20.2. The fraction of sp³-hybridized carbons (Fsp3) is 0.188. The molecule has 0 heterocycles. The average molecular weight is 429 g/mol. The van der Waals surface area contributed by atoms with Crippen LogP contribution in [0.1, 0.15) is 11.1 Å². The molecule has 25 heavy (non-hydrogen) atoms. The zero-order valence-corrected chi connectivity index (χ0v) is 15.5. The molecule has 9 heteroatoms. The Labute approximate surface area is 161 Å². The summed E-state index contributed by atoms with van der Waals surface area (Å²) < 4.78 is 39.0. The second-order valence-electron chi connectivity index (χ2n) is 4.90. The predicted octanol–water partition coefficient (Wildman–Crippen LogP) is 6.54. The molecule has 1 amide bonds. The van der Waals surface area contributed by atoms with Crippen molar-refractivity contribution in [1.82, 2.24) is 0 Å². The van der Waals surface area contributed by atoms with Gasteiger partial charge < -0.3 is 5.32 Å². The Hall–Kier alpha value is -1.08. The van der Waals surface area contributed by atoms with E-state index in [1.807, 2.05) is 0 Å². The van der Waals surface area contributed by atoms with Gasteiger partial charge in [0.2, 0.25) is 5.91 Å². The summed E-state index contributed by atoms with van der Waals surface area (Å²) >= 11 is 19.0. The fourth-order valence-electron chi connectivity index (χ4n) is 1.98. The number of anilines is 1. The molecule has 0 aliphatic heterocycles. The van der Waals surface area contributed by atoms with E-state index < -0.39 is 23.3 Å². The quantitative estimate of drug-likeness (QED) is 0.586. The molecule has 2 nitrogen and oxygen atoms in total. The van der Waals surface area contributed by atoms with E-state index >= 15 is 0 Å². The molecule has 0 radical (unpaired) electrons. The Morgan fingerprint density at radius 2 is 1.56 bits per heavy atom. The van der Waals surface area contributed by atoms with Gasteiger partial charge in [0, 0.05) is 15.8 Å². The lowest BCUT2D eigenvalue weighted by Gasteiger charge is -2.15. The Balaban J connectivity index is 2.02. The molecule has 0 fully saturated rings. The van der Waals surface area contributed by atoms with E-state index in [2.05, 4.69) is 5.32 Å². The number of benzene rings is 2. The fourth-order valence-corrected chi connectivity index (χ4v) is 3.77. The summed E-state index contributed by atoms with van der Waals surface area (Å²) in [5, 5.41) is 2.97. The minimum Gasteiger partial charge on any atom is -0.324 e. The van der Waals surface area contributed by atoms with E-state index in [1.165, 1.54) is 23.9 Å². The van der Waals surface area contributed by atoms with Crippen LogP contribution in [0.15, 0.2) is 36.4 Å². The molecule has 1 N–H and O–H groups in total. The lowest BCUT2D eigenvalue weighted by atomic mass is 10.1. The highest BCUT2D eigenvalue weighted by Gasteiger charge is 2.34. The van der Waals surface area contributed by atoms with Crippen molar-refractivity contribution in [2.45, 2.75) is 11.9 Å². The molecule has 0 aromatic heterocycles. The summed E-state index contributed by atoms with van der Waals surface area (Å²) in [7, 11) is 0. The van der Waals surface area contributed by atoms with E-state index in [-0.39, 0.29) is 10.8 Å². The van der Waals surface area contributed by atoms with E-state index in [4.69, 9.17) is 34.8 Å². The molecule has 0 aliphatic carbocycles. The first-order valence-electron chi connectivity index (χ1n) is 6.86. The van der Waals surface area contributed by atoms with Crippen molar-refractivity contribution in [2.75, 3.05) is 11.1 Å². The van der Waals surface area contributed by atoms with E-state index in [0.29, 0.717) is 21.4 Å². The number of alkyl halides is 3. The van der Waals surface area contributed by atoms with Crippen LogP contribution in [-0.4, -0.2) is 11.7 Å². The van der Waals surface area contributed by atoms with Gasteiger partial charge in [0.1, 0.15) is 0 Å². The van der Waals surface area contributed by atoms with Crippen molar-refractivity contribution in [2.24, 2.45) is 0 Å². The summed E-state index contributed by atoms with van der Waals surface area (Å²) in [6, 6.07) is 8.35. The van der Waals surface area contributed by atoms with Gasteiger partial charge in [-0.2, -0.15) is 13.2 Å². The molecule has 2 rings (SSSR count). The van der Waals surface area contributed by atoms with Crippen LogP contribution in [0.2, 0.25) is 15.1 Å².